The summed E-state index contributed by atoms with van der Waals surface area (Å²) in [6.45, 7) is 2.55. The number of halogens is 1. The zero-order valence-corrected chi connectivity index (χ0v) is 18.8. The van der Waals surface area contributed by atoms with Crippen LogP contribution in [0.3, 0.4) is 0 Å². The van der Waals surface area contributed by atoms with Gasteiger partial charge in [0.25, 0.3) is 0 Å². The summed E-state index contributed by atoms with van der Waals surface area (Å²) in [7, 11) is 0. The number of pyridine rings is 1. The molecule has 4 nitrogen and oxygen atoms in total. The van der Waals surface area contributed by atoms with Crippen molar-refractivity contribution in [1.29, 1.82) is 0 Å². The van der Waals surface area contributed by atoms with Crippen molar-refractivity contribution >= 4 is 44.4 Å². The summed E-state index contributed by atoms with van der Waals surface area (Å²) >= 11 is 3.08. The van der Waals surface area contributed by atoms with E-state index in [4.69, 9.17) is 4.98 Å². The summed E-state index contributed by atoms with van der Waals surface area (Å²) in [5, 5.41) is 0.698. The van der Waals surface area contributed by atoms with Crippen LogP contribution in [0, 0.1) is 5.82 Å². The number of aryl methyl sites for hydroxylation is 1. The third-order valence-corrected chi connectivity index (χ3v) is 6.90. The van der Waals surface area contributed by atoms with Crippen LogP contribution in [0.1, 0.15) is 24.5 Å². The van der Waals surface area contributed by atoms with Gasteiger partial charge < -0.3 is 0 Å². The van der Waals surface area contributed by atoms with Gasteiger partial charge in [-0.05, 0) is 60.0 Å². The Balaban J connectivity index is 1.53. The summed E-state index contributed by atoms with van der Waals surface area (Å²) in [4.78, 5) is 24.8. The molecule has 0 spiro atoms. The van der Waals surface area contributed by atoms with Crippen molar-refractivity contribution in [3.63, 3.8) is 0 Å². The number of thioether (sulfide) groups is 1. The molecular formula is C24H22FN3OS2. The fraction of sp³-hybridized carbons (Fsp3) is 0.208. The Morgan fingerprint density at radius 1 is 1.13 bits per heavy atom. The lowest BCUT2D eigenvalue weighted by Gasteiger charge is -2.20. The Labute approximate surface area is 189 Å². The SMILES string of the molecule is CCc1ccc2nc(N(Cc3cccnc3)C(=O)CCSc3ccc(F)cc3)sc2c1. The van der Waals surface area contributed by atoms with E-state index in [2.05, 4.69) is 24.0 Å². The van der Waals surface area contributed by atoms with Crippen LogP contribution in [0.2, 0.25) is 0 Å². The minimum atomic E-state index is -0.259. The third-order valence-electron chi connectivity index (χ3n) is 4.84. The second kappa shape index (κ2) is 10.0. The number of benzene rings is 2. The molecule has 0 saturated heterocycles. The number of thiazole rings is 1. The van der Waals surface area contributed by atoms with Gasteiger partial charge in [0.15, 0.2) is 5.13 Å². The van der Waals surface area contributed by atoms with E-state index in [0.29, 0.717) is 23.8 Å². The van der Waals surface area contributed by atoms with Crippen LogP contribution in [-0.2, 0) is 17.8 Å². The number of rotatable bonds is 8. The number of hydrogen-bond acceptors (Lipinski definition) is 5. The predicted molar refractivity (Wildman–Crippen MR) is 126 cm³/mol. The van der Waals surface area contributed by atoms with E-state index in [1.54, 1.807) is 41.2 Å². The fourth-order valence-corrected chi connectivity index (χ4v) is 5.04. The van der Waals surface area contributed by atoms with E-state index < -0.39 is 0 Å². The molecule has 0 saturated carbocycles. The number of carbonyl (C=O) groups is 1. The second-order valence-corrected chi connectivity index (χ2v) is 9.22. The van der Waals surface area contributed by atoms with Crippen molar-refractivity contribution in [2.75, 3.05) is 10.7 Å². The maximum atomic E-state index is 13.2. The van der Waals surface area contributed by atoms with E-state index in [1.807, 2.05) is 18.2 Å². The maximum Gasteiger partial charge on any atom is 0.229 e. The van der Waals surface area contributed by atoms with Crippen LogP contribution in [0.25, 0.3) is 10.2 Å². The highest BCUT2D eigenvalue weighted by Gasteiger charge is 2.20. The molecule has 0 unspecified atom stereocenters. The molecule has 4 rings (SSSR count). The molecule has 0 atom stereocenters. The largest absolute Gasteiger partial charge is 0.284 e. The Morgan fingerprint density at radius 2 is 1.97 bits per heavy atom. The van der Waals surface area contributed by atoms with Crippen LogP contribution in [0.15, 0.2) is 71.9 Å². The summed E-state index contributed by atoms with van der Waals surface area (Å²) in [6.07, 6.45) is 4.82. The van der Waals surface area contributed by atoms with Crippen LogP contribution in [0.5, 0.6) is 0 Å². The molecule has 0 aliphatic rings. The molecule has 2 aromatic heterocycles. The average Bonchev–Trinajstić information content (AvgIpc) is 3.22. The van der Waals surface area contributed by atoms with Gasteiger partial charge >= 0.3 is 0 Å². The van der Waals surface area contributed by atoms with E-state index >= 15 is 0 Å². The monoisotopic (exact) mass is 451 g/mol. The van der Waals surface area contributed by atoms with Crippen LogP contribution in [0.4, 0.5) is 9.52 Å². The summed E-state index contributed by atoms with van der Waals surface area (Å²) in [6, 6.07) is 16.4. The first kappa shape index (κ1) is 21.5. The zero-order chi connectivity index (χ0) is 21.6. The van der Waals surface area contributed by atoms with Crippen molar-refractivity contribution < 1.29 is 9.18 Å². The Hall–Kier alpha value is -2.77. The van der Waals surface area contributed by atoms with Crippen molar-refractivity contribution in [2.24, 2.45) is 0 Å². The molecule has 1 amide bonds. The lowest BCUT2D eigenvalue weighted by atomic mass is 10.2. The normalized spacial score (nSPS) is 11.0. The van der Waals surface area contributed by atoms with Gasteiger partial charge in [-0.3, -0.25) is 14.7 Å². The summed E-state index contributed by atoms with van der Waals surface area (Å²) < 4.78 is 14.2. The minimum Gasteiger partial charge on any atom is -0.284 e. The molecule has 4 aromatic rings. The summed E-state index contributed by atoms with van der Waals surface area (Å²) in [5.74, 6) is 0.358. The van der Waals surface area contributed by atoms with Gasteiger partial charge in [-0.2, -0.15) is 0 Å². The molecule has 0 N–H and O–H groups in total. The molecule has 0 aliphatic carbocycles. The second-order valence-electron chi connectivity index (χ2n) is 7.05. The number of fused-ring (bicyclic) bond motifs is 1. The van der Waals surface area contributed by atoms with Crippen molar-refractivity contribution in [3.05, 3.63) is 83.9 Å². The molecule has 31 heavy (non-hydrogen) atoms. The van der Waals surface area contributed by atoms with Gasteiger partial charge in [0, 0.05) is 29.5 Å². The van der Waals surface area contributed by atoms with E-state index in [1.165, 1.54) is 29.0 Å². The van der Waals surface area contributed by atoms with Gasteiger partial charge in [0.1, 0.15) is 5.82 Å². The lowest BCUT2D eigenvalue weighted by Crippen LogP contribution is -2.30. The fourth-order valence-electron chi connectivity index (χ4n) is 3.15. The molecular weight excluding hydrogens is 429 g/mol. The van der Waals surface area contributed by atoms with Gasteiger partial charge in [-0.15, -0.1) is 11.8 Å². The quantitative estimate of drug-likeness (QED) is 0.303. The van der Waals surface area contributed by atoms with Gasteiger partial charge in [-0.25, -0.2) is 9.37 Å². The number of hydrogen-bond donors (Lipinski definition) is 0. The molecule has 0 radical (unpaired) electrons. The van der Waals surface area contributed by atoms with Gasteiger partial charge in [0.05, 0.1) is 16.8 Å². The number of amides is 1. The Morgan fingerprint density at radius 3 is 2.71 bits per heavy atom. The maximum absolute atomic E-state index is 13.2. The van der Waals surface area contributed by atoms with Crippen molar-refractivity contribution in [1.82, 2.24) is 9.97 Å². The number of carbonyl (C=O) groups excluding carboxylic acids is 1. The van der Waals surface area contributed by atoms with E-state index in [-0.39, 0.29) is 11.7 Å². The lowest BCUT2D eigenvalue weighted by molar-refractivity contribution is -0.118. The first-order valence-corrected chi connectivity index (χ1v) is 11.9. The zero-order valence-electron chi connectivity index (χ0n) is 17.1. The smallest absolute Gasteiger partial charge is 0.229 e. The number of aromatic nitrogens is 2. The van der Waals surface area contributed by atoms with Crippen LogP contribution >= 0.6 is 23.1 Å². The van der Waals surface area contributed by atoms with Crippen LogP contribution in [-0.4, -0.2) is 21.6 Å². The molecule has 158 valence electrons. The average molecular weight is 452 g/mol. The Kier molecular flexibility index (Phi) is 6.94. The highest BCUT2D eigenvalue weighted by molar-refractivity contribution is 7.99. The first-order valence-electron chi connectivity index (χ1n) is 10.1. The molecule has 0 bridgehead atoms. The highest BCUT2D eigenvalue weighted by atomic mass is 32.2. The van der Waals surface area contributed by atoms with Gasteiger partial charge in [0.2, 0.25) is 5.91 Å². The third kappa shape index (κ3) is 5.48. The van der Waals surface area contributed by atoms with Crippen molar-refractivity contribution in [3.8, 4) is 0 Å². The molecule has 2 aromatic carbocycles. The standard InChI is InChI=1S/C24H22FN3OS2/c1-2-17-5-10-21-22(14-17)31-24(27-21)28(16-18-4-3-12-26-15-18)23(29)11-13-30-20-8-6-19(25)7-9-20/h3-10,12,14-15H,2,11,13,16H2,1H3. The molecule has 2 heterocycles. The minimum absolute atomic E-state index is 0.00763. The molecule has 7 heteroatoms. The van der Waals surface area contributed by atoms with E-state index in [0.717, 1.165) is 27.1 Å². The highest BCUT2D eigenvalue weighted by Crippen LogP contribution is 2.31. The Bertz CT molecular complexity index is 1160. The van der Waals surface area contributed by atoms with E-state index in [9.17, 15) is 9.18 Å². The van der Waals surface area contributed by atoms with Crippen LogP contribution < -0.4 is 4.90 Å². The molecule has 0 fully saturated rings. The number of nitrogens with zero attached hydrogens (tertiary/aromatic N) is 3. The number of anilines is 1. The molecule has 0 aliphatic heterocycles. The first-order chi connectivity index (χ1) is 15.1. The van der Waals surface area contributed by atoms with Crippen molar-refractivity contribution in [2.45, 2.75) is 31.2 Å². The van der Waals surface area contributed by atoms with Gasteiger partial charge in [-0.1, -0.05) is 30.4 Å². The topological polar surface area (TPSA) is 46.1 Å². The summed E-state index contributed by atoms with van der Waals surface area (Å²) in [5.41, 5.74) is 3.11. The predicted octanol–water partition coefficient (Wildman–Crippen LogP) is 6.11.